The van der Waals surface area contributed by atoms with Crippen molar-refractivity contribution >= 4 is 60.5 Å². The molecule has 3 heterocycles. The van der Waals surface area contributed by atoms with Gasteiger partial charge in [-0.1, -0.05) is 66.2 Å². The molecule has 0 aliphatic carbocycles. The molecule has 1 amide bonds. The summed E-state index contributed by atoms with van der Waals surface area (Å²) in [7, 11) is -10.9. The van der Waals surface area contributed by atoms with E-state index in [2.05, 4.69) is 20.4 Å². The minimum absolute atomic E-state index is 0.0145. The highest BCUT2D eigenvalue weighted by Crippen LogP contribution is 2.40. The number of likely N-dealkylation sites (tertiary alicyclic amines) is 1. The summed E-state index contributed by atoms with van der Waals surface area (Å²) in [5.74, 6) is -0.685. The minimum atomic E-state index is -6.06. The van der Waals surface area contributed by atoms with Crippen LogP contribution in [0.1, 0.15) is 41.3 Å². The Morgan fingerprint density at radius 1 is 0.877 bits per heavy atom. The van der Waals surface area contributed by atoms with Crippen LogP contribution in [0.3, 0.4) is 0 Å². The van der Waals surface area contributed by atoms with Gasteiger partial charge in [0.15, 0.2) is 0 Å². The maximum absolute atomic E-state index is 14.2. The van der Waals surface area contributed by atoms with Crippen LogP contribution >= 0.6 is 23.4 Å². The number of carbonyl (C=O) groups excluding carboxylic acids is 1. The van der Waals surface area contributed by atoms with E-state index in [9.17, 15) is 39.9 Å². The Labute approximate surface area is 386 Å². The second-order valence-corrected chi connectivity index (χ2v) is 22.1. The molecule has 11 nitrogen and oxygen atoms in total. The van der Waals surface area contributed by atoms with E-state index in [1.54, 1.807) is 12.1 Å². The van der Waals surface area contributed by atoms with Gasteiger partial charge in [0.1, 0.15) is 4.90 Å². The van der Waals surface area contributed by atoms with E-state index in [1.807, 2.05) is 83.6 Å². The van der Waals surface area contributed by atoms with Gasteiger partial charge in [-0.2, -0.15) is 13.2 Å². The van der Waals surface area contributed by atoms with Crippen molar-refractivity contribution in [2.24, 2.45) is 11.3 Å². The van der Waals surface area contributed by atoms with Crippen molar-refractivity contribution in [3.05, 3.63) is 137 Å². The Bertz CT molecular complexity index is 2690. The molecule has 3 fully saturated rings. The van der Waals surface area contributed by atoms with Crippen molar-refractivity contribution in [3.8, 4) is 11.1 Å². The van der Waals surface area contributed by atoms with Crippen molar-refractivity contribution in [2.75, 3.05) is 61.8 Å². The molecule has 0 bridgehead atoms. The number of sulfonamides is 1. The number of thioether (sulfide) groups is 1. The van der Waals surface area contributed by atoms with E-state index in [1.165, 1.54) is 23.9 Å². The van der Waals surface area contributed by atoms with Gasteiger partial charge in [-0.05, 0) is 109 Å². The Morgan fingerprint density at radius 3 is 2.18 bits per heavy atom. The minimum Gasteiger partial charge on any atom is -0.388 e. The largest absolute Gasteiger partial charge is 0.501 e. The number of halogens is 4. The highest BCUT2D eigenvalue weighted by atomic mass is 35.5. The van der Waals surface area contributed by atoms with E-state index in [0.29, 0.717) is 55.7 Å². The molecule has 3 aliphatic rings. The SMILES string of the molecule is O=C(NS(=O)(=O)c1ccc(NC(CCN2CC3(CNC3)C2)CSc2ccccc2)c(S(=O)(=O)C(F)(F)F)c1)c1ccc(N2CCC([C@@H](O)c3ccccc3-c3ccc(Cl)cc3)CC2)cc1. The summed E-state index contributed by atoms with van der Waals surface area (Å²) in [4.78, 5) is 16.5. The van der Waals surface area contributed by atoms with E-state index in [4.69, 9.17) is 11.6 Å². The number of aliphatic hydroxyl groups excluding tert-OH is 1. The number of benzene rings is 5. The third-order valence-electron chi connectivity index (χ3n) is 12.5. The molecule has 65 heavy (non-hydrogen) atoms. The molecule has 4 N–H and O–H groups in total. The molecular weight excluding hydrogens is 919 g/mol. The molecule has 5 aromatic carbocycles. The number of sulfone groups is 1. The van der Waals surface area contributed by atoms with Gasteiger partial charge in [0, 0.05) is 84.2 Å². The Morgan fingerprint density at radius 2 is 1.54 bits per heavy atom. The van der Waals surface area contributed by atoms with Crippen LogP contribution in [0, 0.1) is 11.3 Å². The first-order valence-electron chi connectivity index (χ1n) is 21.3. The maximum Gasteiger partial charge on any atom is 0.501 e. The fraction of sp³-hybridized carbons (Fsp3) is 0.340. The van der Waals surface area contributed by atoms with E-state index >= 15 is 0 Å². The molecule has 0 aromatic heterocycles. The van der Waals surface area contributed by atoms with Crippen molar-refractivity contribution < 1.29 is 39.9 Å². The topological polar surface area (TPSA) is 148 Å². The number of nitrogens with one attached hydrogen (secondary N) is 3. The molecule has 0 radical (unpaired) electrons. The smallest absolute Gasteiger partial charge is 0.388 e. The van der Waals surface area contributed by atoms with E-state index in [-0.39, 0.29) is 16.9 Å². The number of nitrogens with zero attached hydrogens (tertiary/aromatic N) is 2. The molecule has 0 saturated carbocycles. The number of carbonyl (C=O) groups is 1. The lowest BCUT2D eigenvalue weighted by molar-refractivity contribution is -0.0435. The summed E-state index contributed by atoms with van der Waals surface area (Å²) in [6.07, 6.45) is 1.14. The second-order valence-electron chi connectivity index (χ2n) is 17.0. The highest BCUT2D eigenvalue weighted by molar-refractivity contribution is 7.99. The van der Waals surface area contributed by atoms with Crippen LogP contribution in [0.5, 0.6) is 0 Å². The molecule has 344 valence electrons. The molecule has 1 spiro atoms. The number of amides is 1. The summed E-state index contributed by atoms with van der Waals surface area (Å²) in [5, 5.41) is 18.4. The third kappa shape index (κ3) is 10.7. The van der Waals surface area contributed by atoms with Gasteiger partial charge in [0.2, 0.25) is 0 Å². The Kier molecular flexibility index (Phi) is 13.9. The van der Waals surface area contributed by atoms with Crippen molar-refractivity contribution in [1.29, 1.82) is 0 Å². The zero-order valence-corrected chi connectivity index (χ0v) is 38.4. The van der Waals surface area contributed by atoms with Gasteiger partial charge in [0.25, 0.3) is 25.8 Å². The van der Waals surface area contributed by atoms with E-state index in [0.717, 1.165) is 65.6 Å². The van der Waals surface area contributed by atoms with Gasteiger partial charge in [-0.25, -0.2) is 21.6 Å². The number of rotatable bonds is 16. The van der Waals surface area contributed by atoms with Crippen molar-refractivity contribution in [2.45, 2.75) is 51.6 Å². The molecule has 2 atom stereocenters. The van der Waals surface area contributed by atoms with Gasteiger partial charge < -0.3 is 25.5 Å². The van der Waals surface area contributed by atoms with Crippen LogP contribution < -0.4 is 20.3 Å². The van der Waals surface area contributed by atoms with E-state index < -0.39 is 58.9 Å². The summed E-state index contributed by atoms with van der Waals surface area (Å²) < 4.78 is 97.7. The first-order valence-corrected chi connectivity index (χ1v) is 25.6. The quantitative estimate of drug-likeness (QED) is 0.0710. The van der Waals surface area contributed by atoms with Crippen LogP contribution in [-0.2, 0) is 19.9 Å². The first-order chi connectivity index (χ1) is 31.0. The van der Waals surface area contributed by atoms with Crippen molar-refractivity contribution in [1.82, 2.24) is 14.9 Å². The van der Waals surface area contributed by atoms with Crippen LogP contribution in [0.25, 0.3) is 11.1 Å². The fourth-order valence-electron chi connectivity index (χ4n) is 8.81. The number of aliphatic hydroxyl groups is 1. The van der Waals surface area contributed by atoms with Crippen LogP contribution in [0.4, 0.5) is 24.5 Å². The number of anilines is 2. The molecule has 8 rings (SSSR count). The predicted octanol–water partition coefficient (Wildman–Crippen LogP) is 8.24. The lowest BCUT2D eigenvalue weighted by Crippen LogP contribution is -2.71. The zero-order chi connectivity index (χ0) is 46.0. The molecule has 18 heteroatoms. The number of hydrogen-bond acceptors (Lipinski definition) is 11. The average Bonchev–Trinajstić information content (AvgIpc) is 3.27. The molecule has 3 aliphatic heterocycles. The molecule has 5 aromatic rings. The normalized spacial score (nSPS) is 17.8. The Hall–Kier alpha value is -4.62. The molecule has 3 saturated heterocycles. The number of piperidine rings is 1. The van der Waals surface area contributed by atoms with Crippen LogP contribution in [0.2, 0.25) is 5.02 Å². The summed E-state index contributed by atoms with van der Waals surface area (Å²) >= 11 is 7.56. The second kappa shape index (κ2) is 19.3. The predicted molar refractivity (Wildman–Crippen MR) is 248 cm³/mol. The van der Waals surface area contributed by atoms with Gasteiger partial charge in [0.05, 0.1) is 16.7 Å². The summed E-state index contributed by atoms with van der Waals surface area (Å²) in [6, 6.07) is 32.7. The molecular formula is C47H49ClF3N5O6S3. The first kappa shape index (κ1) is 46.9. The Balaban J connectivity index is 0.930. The number of hydrogen-bond donors (Lipinski definition) is 4. The monoisotopic (exact) mass is 967 g/mol. The maximum atomic E-state index is 14.2. The average molecular weight is 969 g/mol. The zero-order valence-electron chi connectivity index (χ0n) is 35.2. The molecule has 1 unspecified atom stereocenters. The summed E-state index contributed by atoms with van der Waals surface area (Å²) in [5.41, 5.74) is -2.43. The standard InChI is InChI=1S/C47H49ClF3N5O6S3/c48-35-14-10-32(11-15-35)40-8-4-5-9-41(40)44(57)33-20-24-56(25-21-33)37-16-12-34(13-17-37)45(58)54-65(61,62)39-18-19-42(43(26-39)64(59,60)47(49,50)51)53-36(27-63-38-6-2-1-3-7-38)22-23-55-30-46(31-55)28-52-29-46/h1-19,26,33,36,44,52-53,57H,20-25,27-31H2,(H,54,58)/t36?,44-/m1/s1. The fourth-order valence-corrected chi connectivity index (χ4v) is 11.9. The third-order valence-corrected chi connectivity index (χ3v) is 16.7. The van der Waals surface area contributed by atoms with Crippen LogP contribution in [-0.4, -0.2) is 95.9 Å². The van der Waals surface area contributed by atoms with Gasteiger partial charge >= 0.3 is 5.51 Å². The number of alkyl halides is 3. The highest BCUT2D eigenvalue weighted by Gasteiger charge is 2.49. The van der Waals surface area contributed by atoms with Crippen molar-refractivity contribution in [3.63, 3.8) is 0 Å². The summed E-state index contributed by atoms with van der Waals surface area (Å²) in [6.45, 7) is 5.51. The van der Waals surface area contributed by atoms with Gasteiger partial charge in [-0.3, -0.25) is 4.79 Å². The lowest BCUT2D eigenvalue weighted by atomic mass is 9.74. The van der Waals surface area contributed by atoms with Crippen LogP contribution in [0.15, 0.2) is 136 Å². The lowest BCUT2D eigenvalue weighted by Gasteiger charge is -2.56. The van der Waals surface area contributed by atoms with Gasteiger partial charge in [-0.15, -0.1) is 11.8 Å².